The molecular weight excluding hydrogens is 317 g/mol. The van der Waals surface area contributed by atoms with Gasteiger partial charge in [-0.05, 0) is 69.6 Å². The molecule has 25 heavy (non-hydrogen) atoms. The van der Waals surface area contributed by atoms with Gasteiger partial charge in [-0.2, -0.15) is 0 Å². The van der Waals surface area contributed by atoms with Crippen molar-refractivity contribution in [3.05, 3.63) is 30.1 Å². The molecule has 0 atom stereocenters. The second-order valence-electron chi connectivity index (χ2n) is 7.23. The van der Waals surface area contributed by atoms with Crippen LogP contribution in [-0.4, -0.2) is 68.6 Å². The van der Waals surface area contributed by atoms with E-state index in [0.29, 0.717) is 5.96 Å². The molecule has 138 valence electrons. The van der Waals surface area contributed by atoms with Crippen molar-refractivity contribution in [2.45, 2.75) is 19.3 Å². The highest BCUT2D eigenvalue weighted by molar-refractivity contribution is 5.78. The Hall–Kier alpha value is -1.82. The number of hydrogen-bond donors (Lipinski definition) is 1. The highest BCUT2D eigenvalue weighted by atomic mass is 19.1. The number of aliphatic imine (C=N–C) groups is 1. The van der Waals surface area contributed by atoms with Gasteiger partial charge in [-0.3, -0.25) is 4.99 Å². The van der Waals surface area contributed by atoms with E-state index in [1.165, 1.54) is 38.1 Å². The van der Waals surface area contributed by atoms with E-state index in [0.717, 1.165) is 50.7 Å². The normalized spacial score (nSPS) is 21.0. The maximum Gasteiger partial charge on any atom is 0.191 e. The summed E-state index contributed by atoms with van der Waals surface area (Å²) in [6, 6.07) is 6.70. The molecule has 2 fully saturated rings. The van der Waals surface area contributed by atoms with E-state index in [1.807, 2.05) is 12.1 Å². The lowest BCUT2D eigenvalue weighted by molar-refractivity contribution is 0.214. The second-order valence-corrected chi connectivity index (χ2v) is 7.23. The van der Waals surface area contributed by atoms with Crippen molar-refractivity contribution in [2.24, 2.45) is 16.6 Å². The molecule has 0 aliphatic carbocycles. The van der Waals surface area contributed by atoms with Crippen LogP contribution in [0.1, 0.15) is 19.3 Å². The van der Waals surface area contributed by atoms with Gasteiger partial charge in [-0.15, -0.1) is 0 Å². The molecule has 2 aliphatic rings. The van der Waals surface area contributed by atoms with Gasteiger partial charge >= 0.3 is 0 Å². The van der Waals surface area contributed by atoms with Crippen LogP contribution in [-0.2, 0) is 0 Å². The predicted octanol–water partition coefficient (Wildman–Crippen LogP) is 1.99. The smallest absolute Gasteiger partial charge is 0.191 e. The number of nitrogens with two attached hydrogens (primary N) is 1. The first-order chi connectivity index (χ1) is 12.1. The van der Waals surface area contributed by atoms with E-state index in [-0.39, 0.29) is 5.82 Å². The van der Waals surface area contributed by atoms with Crippen molar-refractivity contribution in [3.8, 4) is 0 Å². The van der Waals surface area contributed by atoms with Crippen molar-refractivity contribution in [1.82, 2.24) is 9.80 Å². The molecule has 6 heteroatoms. The first-order valence-electron chi connectivity index (χ1n) is 9.36. The Morgan fingerprint density at radius 2 is 1.72 bits per heavy atom. The zero-order chi connectivity index (χ0) is 17.6. The minimum Gasteiger partial charge on any atom is -0.370 e. The Bertz CT molecular complexity index is 558. The minimum absolute atomic E-state index is 0.191. The van der Waals surface area contributed by atoms with Crippen LogP contribution in [0.5, 0.6) is 0 Å². The monoisotopic (exact) mass is 347 g/mol. The fraction of sp³-hybridized carbons (Fsp3) is 0.632. The fourth-order valence-electron chi connectivity index (χ4n) is 3.66. The Kier molecular flexibility index (Phi) is 6.13. The van der Waals surface area contributed by atoms with E-state index in [1.54, 1.807) is 0 Å². The number of anilines is 1. The molecule has 0 radical (unpaired) electrons. The number of guanidine groups is 1. The molecule has 2 N–H and O–H groups in total. The van der Waals surface area contributed by atoms with Crippen LogP contribution in [0, 0.1) is 11.7 Å². The summed E-state index contributed by atoms with van der Waals surface area (Å²) in [7, 11) is 2.19. The van der Waals surface area contributed by atoms with Gasteiger partial charge in [0, 0.05) is 38.4 Å². The highest BCUT2D eigenvalue weighted by Crippen LogP contribution is 2.19. The van der Waals surface area contributed by atoms with E-state index >= 15 is 0 Å². The first-order valence-corrected chi connectivity index (χ1v) is 9.36. The SMILES string of the molecule is CN1CCC(CCN=C(N)N2CCN(c3ccc(F)cc3)CC2)CC1. The molecule has 2 saturated heterocycles. The van der Waals surface area contributed by atoms with Gasteiger partial charge in [0.1, 0.15) is 5.82 Å². The van der Waals surface area contributed by atoms with Gasteiger partial charge in [-0.1, -0.05) is 0 Å². The number of hydrogen-bond acceptors (Lipinski definition) is 3. The number of piperidine rings is 1. The zero-order valence-corrected chi connectivity index (χ0v) is 15.2. The Labute approximate surface area is 150 Å². The van der Waals surface area contributed by atoms with E-state index in [2.05, 4.69) is 26.7 Å². The summed E-state index contributed by atoms with van der Waals surface area (Å²) in [5.41, 5.74) is 7.26. The third-order valence-corrected chi connectivity index (χ3v) is 5.44. The number of nitrogens with zero attached hydrogens (tertiary/aromatic N) is 4. The molecule has 0 spiro atoms. The standard InChI is InChI=1S/C19H30FN5/c1-23-10-7-16(8-11-23)6-9-22-19(21)25-14-12-24(13-15-25)18-4-2-17(20)3-5-18/h2-5,16H,6-15H2,1H3,(H2,21,22). The lowest BCUT2D eigenvalue weighted by atomic mass is 9.94. The first kappa shape index (κ1) is 18.0. The number of halogens is 1. The summed E-state index contributed by atoms with van der Waals surface area (Å²) >= 11 is 0. The molecule has 0 unspecified atom stereocenters. The highest BCUT2D eigenvalue weighted by Gasteiger charge is 2.19. The van der Waals surface area contributed by atoms with Crippen LogP contribution < -0.4 is 10.6 Å². The van der Waals surface area contributed by atoms with E-state index < -0.39 is 0 Å². The summed E-state index contributed by atoms with van der Waals surface area (Å²) in [5, 5.41) is 0. The zero-order valence-electron chi connectivity index (χ0n) is 15.2. The van der Waals surface area contributed by atoms with Gasteiger partial charge in [0.25, 0.3) is 0 Å². The summed E-state index contributed by atoms with van der Waals surface area (Å²) in [6.45, 7) is 6.73. The third kappa shape index (κ3) is 5.08. The summed E-state index contributed by atoms with van der Waals surface area (Å²) in [4.78, 5) is 11.4. The van der Waals surface area contributed by atoms with Crippen molar-refractivity contribution >= 4 is 11.6 Å². The summed E-state index contributed by atoms with van der Waals surface area (Å²) in [5.74, 6) is 1.28. The Morgan fingerprint density at radius 3 is 2.36 bits per heavy atom. The molecule has 0 amide bonds. The van der Waals surface area contributed by atoms with Crippen LogP contribution in [0.15, 0.2) is 29.3 Å². The van der Waals surface area contributed by atoms with Gasteiger partial charge in [0.15, 0.2) is 5.96 Å². The molecule has 2 aliphatic heterocycles. The van der Waals surface area contributed by atoms with Gasteiger partial charge in [0.2, 0.25) is 0 Å². The Morgan fingerprint density at radius 1 is 1.08 bits per heavy atom. The molecule has 2 heterocycles. The van der Waals surface area contributed by atoms with Crippen LogP contribution in [0.2, 0.25) is 0 Å². The minimum atomic E-state index is -0.191. The molecule has 1 aromatic carbocycles. The van der Waals surface area contributed by atoms with Crippen LogP contribution in [0.4, 0.5) is 10.1 Å². The Balaban J connectivity index is 1.41. The largest absolute Gasteiger partial charge is 0.370 e. The molecule has 1 aromatic rings. The molecular formula is C19H30FN5. The quantitative estimate of drug-likeness (QED) is 0.668. The number of likely N-dealkylation sites (tertiary alicyclic amines) is 1. The molecule has 0 saturated carbocycles. The molecule has 5 nitrogen and oxygen atoms in total. The van der Waals surface area contributed by atoms with E-state index in [4.69, 9.17) is 5.73 Å². The van der Waals surface area contributed by atoms with Crippen molar-refractivity contribution in [2.75, 3.05) is 57.8 Å². The second kappa shape index (κ2) is 8.52. The number of benzene rings is 1. The summed E-state index contributed by atoms with van der Waals surface area (Å²) in [6.07, 6.45) is 3.70. The van der Waals surface area contributed by atoms with E-state index in [9.17, 15) is 4.39 Å². The lowest BCUT2D eigenvalue weighted by Crippen LogP contribution is -2.51. The van der Waals surface area contributed by atoms with Crippen molar-refractivity contribution in [1.29, 1.82) is 0 Å². The van der Waals surface area contributed by atoms with Crippen molar-refractivity contribution in [3.63, 3.8) is 0 Å². The number of rotatable bonds is 4. The summed E-state index contributed by atoms with van der Waals surface area (Å²) < 4.78 is 13.0. The van der Waals surface area contributed by atoms with Crippen LogP contribution >= 0.6 is 0 Å². The lowest BCUT2D eigenvalue weighted by Gasteiger charge is -2.36. The predicted molar refractivity (Wildman–Crippen MR) is 102 cm³/mol. The van der Waals surface area contributed by atoms with Crippen LogP contribution in [0.25, 0.3) is 0 Å². The third-order valence-electron chi connectivity index (χ3n) is 5.44. The topological polar surface area (TPSA) is 48.1 Å². The maximum atomic E-state index is 13.0. The number of piperazine rings is 1. The van der Waals surface area contributed by atoms with Crippen molar-refractivity contribution < 1.29 is 4.39 Å². The molecule has 3 rings (SSSR count). The van der Waals surface area contributed by atoms with Gasteiger partial charge in [0.05, 0.1) is 0 Å². The maximum absolute atomic E-state index is 13.0. The van der Waals surface area contributed by atoms with Crippen LogP contribution in [0.3, 0.4) is 0 Å². The average molecular weight is 347 g/mol. The fourth-order valence-corrected chi connectivity index (χ4v) is 3.66. The van der Waals surface area contributed by atoms with Gasteiger partial charge < -0.3 is 20.4 Å². The average Bonchev–Trinajstić information content (AvgIpc) is 2.64. The molecule has 0 bridgehead atoms. The van der Waals surface area contributed by atoms with Gasteiger partial charge in [-0.25, -0.2) is 4.39 Å². The molecule has 0 aromatic heterocycles.